The molecule has 0 unspecified atom stereocenters. The Morgan fingerprint density at radius 1 is 1.04 bits per heavy atom. The number of para-hydroxylation sites is 1. The minimum Gasteiger partial charge on any atom is -0.465 e. The third-order valence-corrected chi connectivity index (χ3v) is 3.91. The molecule has 1 heterocycles. The van der Waals surface area contributed by atoms with Crippen LogP contribution in [0.15, 0.2) is 54.7 Å². The molecule has 1 N–H and O–H groups in total. The molecule has 0 saturated heterocycles. The summed E-state index contributed by atoms with van der Waals surface area (Å²) in [6.45, 7) is 1.68. The monoisotopic (exact) mass is 365 g/mol. The van der Waals surface area contributed by atoms with E-state index in [-0.39, 0.29) is 16.9 Å². The molecule has 0 saturated carbocycles. The number of carbonyl (C=O) groups excluding carboxylic acids is 2. The molecule has 7 heteroatoms. The SMILES string of the molecule is COC(=O)c1ccccc1NC(=O)c1cnc(-c2ccc(F)cc2)nc1C. The van der Waals surface area contributed by atoms with Crippen molar-refractivity contribution >= 4 is 17.6 Å². The molecule has 136 valence electrons. The van der Waals surface area contributed by atoms with E-state index in [1.165, 1.54) is 25.4 Å². The molecule has 3 aromatic rings. The maximum atomic E-state index is 13.0. The van der Waals surface area contributed by atoms with Crippen molar-refractivity contribution in [2.24, 2.45) is 0 Å². The molecule has 27 heavy (non-hydrogen) atoms. The van der Waals surface area contributed by atoms with Crippen LogP contribution in [0.5, 0.6) is 0 Å². The highest BCUT2D eigenvalue weighted by Crippen LogP contribution is 2.20. The van der Waals surface area contributed by atoms with Crippen LogP contribution in [0.25, 0.3) is 11.4 Å². The fourth-order valence-corrected chi connectivity index (χ4v) is 2.50. The average Bonchev–Trinajstić information content (AvgIpc) is 2.68. The van der Waals surface area contributed by atoms with Crippen LogP contribution in [-0.4, -0.2) is 29.0 Å². The number of rotatable bonds is 4. The van der Waals surface area contributed by atoms with Crippen LogP contribution in [-0.2, 0) is 4.74 Å². The van der Waals surface area contributed by atoms with Gasteiger partial charge in [-0.2, -0.15) is 0 Å². The molecule has 0 spiro atoms. The van der Waals surface area contributed by atoms with Gasteiger partial charge in [0.15, 0.2) is 5.82 Å². The number of esters is 1. The predicted molar refractivity (Wildman–Crippen MR) is 97.9 cm³/mol. The Bertz CT molecular complexity index is 1000. The molecule has 1 aromatic heterocycles. The minimum atomic E-state index is -0.550. The third-order valence-electron chi connectivity index (χ3n) is 3.91. The maximum Gasteiger partial charge on any atom is 0.339 e. The van der Waals surface area contributed by atoms with Crippen molar-refractivity contribution in [1.82, 2.24) is 9.97 Å². The molecule has 0 aliphatic rings. The lowest BCUT2D eigenvalue weighted by Crippen LogP contribution is -2.17. The second kappa shape index (κ2) is 7.74. The van der Waals surface area contributed by atoms with E-state index < -0.39 is 11.9 Å². The molecule has 0 bridgehead atoms. The lowest BCUT2D eigenvalue weighted by molar-refractivity contribution is 0.0602. The number of aromatic nitrogens is 2. The van der Waals surface area contributed by atoms with Gasteiger partial charge >= 0.3 is 5.97 Å². The highest BCUT2D eigenvalue weighted by Gasteiger charge is 2.17. The van der Waals surface area contributed by atoms with Crippen molar-refractivity contribution in [1.29, 1.82) is 0 Å². The Morgan fingerprint density at radius 2 is 1.74 bits per heavy atom. The van der Waals surface area contributed by atoms with E-state index in [0.717, 1.165) is 0 Å². The Balaban J connectivity index is 1.86. The van der Waals surface area contributed by atoms with Crippen molar-refractivity contribution in [2.45, 2.75) is 6.92 Å². The number of hydrogen-bond donors (Lipinski definition) is 1. The average molecular weight is 365 g/mol. The van der Waals surface area contributed by atoms with Crippen molar-refractivity contribution < 1.29 is 18.7 Å². The number of methoxy groups -OCH3 is 1. The Hall–Kier alpha value is -3.61. The summed E-state index contributed by atoms with van der Waals surface area (Å²) in [5, 5.41) is 2.68. The molecule has 0 radical (unpaired) electrons. The van der Waals surface area contributed by atoms with Gasteiger partial charge in [0.2, 0.25) is 0 Å². The van der Waals surface area contributed by atoms with Gasteiger partial charge in [0.1, 0.15) is 5.82 Å². The summed E-state index contributed by atoms with van der Waals surface area (Å²) in [5.41, 5.74) is 1.94. The standard InChI is InChI=1S/C20H16FN3O3/c1-12-16(11-22-18(23-12)13-7-9-14(21)10-8-13)19(25)24-17-6-4-3-5-15(17)20(26)27-2/h3-11H,1-2H3,(H,24,25). The van der Waals surface area contributed by atoms with Gasteiger partial charge in [0.05, 0.1) is 29.6 Å². The number of anilines is 1. The van der Waals surface area contributed by atoms with E-state index >= 15 is 0 Å². The number of halogens is 1. The number of nitrogens with one attached hydrogen (secondary N) is 1. The molecule has 3 rings (SSSR count). The predicted octanol–water partition coefficient (Wildman–Crippen LogP) is 3.63. The molecular weight excluding hydrogens is 349 g/mol. The highest BCUT2D eigenvalue weighted by atomic mass is 19.1. The van der Waals surface area contributed by atoms with Gasteiger partial charge in [-0.3, -0.25) is 4.79 Å². The Labute approximate surface area is 155 Å². The maximum absolute atomic E-state index is 13.0. The fourth-order valence-electron chi connectivity index (χ4n) is 2.50. The number of amides is 1. The van der Waals surface area contributed by atoms with Crippen LogP contribution in [0.3, 0.4) is 0 Å². The van der Waals surface area contributed by atoms with Crippen LogP contribution in [0.2, 0.25) is 0 Å². The molecule has 0 atom stereocenters. The van der Waals surface area contributed by atoms with Crippen LogP contribution < -0.4 is 5.32 Å². The van der Waals surface area contributed by atoms with Crippen LogP contribution in [0.1, 0.15) is 26.4 Å². The van der Waals surface area contributed by atoms with Crippen molar-refractivity contribution in [3.05, 3.63) is 77.4 Å². The van der Waals surface area contributed by atoms with Gasteiger partial charge in [-0.1, -0.05) is 12.1 Å². The largest absolute Gasteiger partial charge is 0.465 e. The molecule has 6 nitrogen and oxygen atoms in total. The second-order valence-corrected chi connectivity index (χ2v) is 5.69. The molecule has 0 aliphatic carbocycles. The van der Waals surface area contributed by atoms with Gasteiger partial charge in [-0.25, -0.2) is 19.2 Å². The van der Waals surface area contributed by atoms with Gasteiger partial charge in [0, 0.05) is 11.8 Å². The zero-order valence-electron chi connectivity index (χ0n) is 14.7. The zero-order valence-corrected chi connectivity index (χ0v) is 14.7. The number of ether oxygens (including phenoxy) is 1. The first-order valence-corrected chi connectivity index (χ1v) is 8.08. The van der Waals surface area contributed by atoms with Crippen molar-refractivity contribution in [3.8, 4) is 11.4 Å². The Morgan fingerprint density at radius 3 is 2.41 bits per heavy atom. The summed E-state index contributed by atoms with van der Waals surface area (Å²) in [5.74, 6) is -0.963. The smallest absolute Gasteiger partial charge is 0.339 e. The first-order valence-electron chi connectivity index (χ1n) is 8.08. The zero-order chi connectivity index (χ0) is 19.4. The van der Waals surface area contributed by atoms with E-state index in [4.69, 9.17) is 4.74 Å². The van der Waals surface area contributed by atoms with Gasteiger partial charge in [-0.05, 0) is 43.3 Å². The summed E-state index contributed by atoms with van der Waals surface area (Å²) in [6.07, 6.45) is 1.40. The van der Waals surface area contributed by atoms with E-state index in [0.29, 0.717) is 22.8 Å². The van der Waals surface area contributed by atoms with E-state index in [9.17, 15) is 14.0 Å². The minimum absolute atomic E-state index is 0.245. The molecule has 1 amide bonds. The van der Waals surface area contributed by atoms with E-state index in [1.807, 2.05) is 0 Å². The number of carbonyl (C=O) groups is 2. The summed E-state index contributed by atoms with van der Waals surface area (Å²) < 4.78 is 17.8. The van der Waals surface area contributed by atoms with Gasteiger partial charge < -0.3 is 10.1 Å². The van der Waals surface area contributed by atoms with Gasteiger partial charge in [0.25, 0.3) is 5.91 Å². The second-order valence-electron chi connectivity index (χ2n) is 5.69. The topological polar surface area (TPSA) is 81.2 Å². The number of nitrogens with zero attached hydrogens (tertiary/aromatic N) is 2. The molecular formula is C20H16FN3O3. The van der Waals surface area contributed by atoms with Crippen molar-refractivity contribution in [3.63, 3.8) is 0 Å². The first-order chi connectivity index (χ1) is 13.0. The third kappa shape index (κ3) is 3.98. The quantitative estimate of drug-likeness (QED) is 0.714. The Kier molecular flexibility index (Phi) is 5.21. The normalized spacial score (nSPS) is 10.3. The number of benzene rings is 2. The molecule has 2 aromatic carbocycles. The summed E-state index contributed by atoms with van der Waals surface area (Å²) >= 11 is 0. The van der Waals surface area contributed by atoms with E-state index in [1.54, 1.807) is 43.3 Å². The summed E-state index contributed by atoms with van der Waals surface area (Å²) in [6, 6.07) is 12.3. The van der Waals surface area contributed by atoms with Gasteiger partial charge in [-0.15, -0.1) is 0 Å². The summed E-state index contributed by atoms with van der Waals surface area (Å²) in [7, 11) is 1.27. The van der Waals surface area contributed by atoms with E-state index in [2.05, 4.69) is 15.3 Å². The lowest BCUT2D eigenvalue weighted by Gasteiger charge is -2.11. The molecule has 0 aliphatic heterocycles. The fraction of sp³-hybridized carbons (Fsp3) is 0.100. The van der Waals surface area contributed by atoms with Crippen LogP contribution in [0, 0.1) is 12.7 Å². The first kappa shape index (κ1) is 18.2. The van der Waals surface area contributed by atoms with Crippen molar-refractivity contribution in [2.75, 3.05) is 12.4 Å². The number of hydrogen-bond acceptors (Lipinski definition) is 5. The highest BCUT2D eigenvalue weighted by molar-refractivity contribution is 6.08. The van der Waals surface area contributed by atoms with Crippen LogP contribution >= 0.6 is 0 Å². The van der Waals surface area contributed by atoms with Crippen LogP contribution in [0.4, 0.5) is 10.1 Å². The lowest BCUT2D eigenvalue weighted by atomic mass is 10.1. The number of aryl methyl sites for hydroxylation is 1. The summed E-state index contributed by atoms with van der Waals surface area (Å²) in [4.78, 5) is 32.9. The molecule has 0 fully saturated rings.